The summed E-state index contributed by atoms with van der Waals surface area (Å²) in [6, 6.07) is 0.0944. The molecule has 5 nitrogen and oxygen atoms in total. The SMILES string of the molecule is CC(N)CCNC(=O)c1snnc1C(C)(C)C. The van der Waals surface area contributed by atoms with Gasteiger partial charge in [0.05, 0.1) is 5.69 Å². The molecule has 1 amide bonds. The molecular formula is C11H20N4OS. The molecule has 0 fully saturated rings. The molecule has 0 spiro atoms. The van der Waals surface area contributed by atoms with Crippen molar-refractivity contribution in [2.75, 3.05) is 6.54 Å². The van der Waals surface area contributed by atoms with E-state index in [1.807, 2.05) is 27.7 Å². The van der Waals surface area contributed by atoms with Crippen LogP contribution < -0.4 is 11.1 Å². The second kappa shape index (κ2) is 5.55. The number of amides is 1. The summed E-state index contributed by atoms with van der Waals surface area (Å²) in [5.41, 5.74) is 6.21. The molecule has 1 atom stereocenters. The van der Waals surface area contributed by atoms with Crippen LogP contribution in [-0.4, -0.2) is 28.1 Å². The van der Waals surface area contributed by atoms with Gasteiger partial charge in [0.1, 0.15) is 4.88 Å². The molecule has 1 rings (SSSR count). The first kappa shape index (κ1) is 14.1. The lowest BCUT2D eigenvalue weighted by atomic mass is 9.91. The predicted molar refractivity (Wildman–Crippen MR) is 69.2 cm³/mol. The van der Waals surface area contributed by atoms with Gasteiger partial charge in [0.15, 0.2) is 0 Å². The summed E-state index contributed by atoms with van der Waals surface area (Å²) in [7, 11) is 0. The van der Waals surface area contributed by atoms with Crippen LogP contribution in [0.15, 0.2) is 0 Å². The Morgan fingerprint density at radius 2 is 2.18 bits per heavy atom. The third-order valence-electron chi connectivity index (χ3n) is 2.29. The van der Waals surface area contributed by atoms with Crippen molar-refractivity contribution in [3.63, 3.8) is 0 Å². The van der Waals surface area contributed by atoms with Crippen LogP contribution in [0.3, 0.4) is 0 Å². The number of nitrogens with two attached hydrogens (primary N) is 1. The Labute approximate surface area is 106 Å². The predicted octanol–water partition coefficient (Wildman–Crippen LogP) is 1.30. The van der Waals surface area contributed by atoms with E-state index in [1.165, 1.54) is 0 Å². The van der Waals surface area contributed by atoms with Gasteiger partial charge < -0.3 is 11.1 Å². The van der Waals surface area contributed by atoms with Gasteiger partial charge in [0, 0.05) is 18.0 Å². The summed E-state index contributed by atoms with van der Waals surface area (Å²) in [5, 5.41) is 6.88. The van der Waals surface area contributed by atoms with Gasteiger partial charge >= 0.3 is 0 Å². The molecular weight excluding hydrogens is 236 g/mol. The maximum atomic E-state index is 11.9. The number of hydrogen-bond acceptors (Lipinski definition) is 5. The average molecular weight is 256 g/mol. The fraction of sp³-hybridized carbons (Fsp3) is 0.727. The zero-order chi connectivity index (χ0) is 13.1. The van der Waals surface area contributed by atoms with Crippen LogP contribution in [0.2, 0.25) is 0 Å². The Morgan fingerprint density at radius 3 is 2.71 bits per heavy atom. The van der Waals surface area contributed by atoms with Crippen LogP contribution in [0.25, 0.3) is 0 Å². The van der Waals surface area contributed by atoms with E-state index < -0.39 is 0 Å². The third kappa shape index (κ3) is 4.05. The first-order chi connectivity index (χ1) is 7.82. The van der Waals surface area contributed by atoms with Gasteiger partial charge in [-0.2, -0.15) is 0 Å². The maximum absolute atomic E-state index is 11.9. The fourth-order valence-corrected chi connectivity index (χ4v) is 2.12. The number of carbonyl (C=O) groups is 1. The molecule has 0 aliphatic heterocycles. The Hall–Kier alpha value is -1.01. The molecule has 0 saturated carbocycles. The second-order valence-corrected chi connectivity index (χ2v) is 5.98. The van der Waals surface area contributed by atoms with Crippen molar-refractivity contribution in [2.24, 2.45) is 5.73 Å². The Kier molecular flexibility index (Phi) is 4.59. The lowest BCUT2D eigenvalue weighted by Crippen LogP contribution is -2.30. The summed E-state index contributed by atoms with van der Waals surface area (Å²) in [6.07, 6.45) is 0.767. The van der Waals surface area contributed by atoms with E-state index in [4.69, 9.17) is 5.73 Å². The molecule has 6 heteroatoms. The molecule has 1 heterocycles. The van der Waals surface area contributed by atoms with E-state index >= 15 is 0 Å². The van der Waals surface area contributed by atoms with Crippen molar-refractivity contribution in [2.45, 2.75) is 45.6 Å². The highest BCUT2D eigenvalue weighted by molar-refractivity contribution is 7.08. The molecule has 3 N–H and O–H groups in total. The molecule has 17 heavy (non-hydrogen) atoms. The lowest BCUT2D eigenvalue weighted by molar-refractivity contribution is 0.0954. The lowest BCUT2D eigenvalue weighted by Gasteiger charge is -2.16. The summed E-state index contributed by atoms with van der Waals surface area (Å²) in [4.78, 5) is 12.5. The highest BCUT2D eigenvalue weighted by Gasteiger charge is 2.25. The Bertz CT molecular complexity index is 381. The summed E-state index contributed by atoms with van der Waals surface area (Å²) >= 11 is 1.14. The average Bonchev–Trinajstić information content (AvgIpc) is 2.64. The maximum Gasteiger partial charge on any atom is 0.264 e. The van der Waals surface area contributed by atoms with E-state index in [-0.39, 0.29) is 17.4 Å². The van der Waals surface area contributed by atoms with Gasteiger partial charge in [-0.15, -0.1) is 5.10 Å². The van der Waals surface area contributed by atoms with E-state index in [9.17, 15) is 4.79 Å². The summed E-state index contributed by atoms with van der Waals surface area (Å²) in [6.45, 7) is 8.55. The third-order valence-corrected chi connectivity index (χ3v) is 3.01. The van der Waals surface area contributed by atoms with E-state index in [0.29, 0.717) is 11.4 Å². The zero-order valence-corrected chi connectivity index (χ0v) is 11.6. The van der Waals surface area contributed by atoms with Crippen molar-refractivity contribution in [3.05, 3.63) is 10.6 Å². The van der Waals surface area contributed by atoms with Crippen LogP contribution in [0.5, 0.6) is 0 Å². The van der Waals surface area contributed by atoms with Gasteiger partial charge in [-0.1, -0.05) is 25.3 Å². The second-order valence-electron chi connectivity index (χ2n) is 5.22. The quantitative estimate of drug-likeness (QED) is 0.851. The zero-order valence-electron chi connectivity index (χ0n) is 10.8. The summed E-state index contributed by atoms with van der Waals surface area (Å²) in [5.74, 6) is -0.106. The monoisotopic (exact) mass is 256 g/mol. The highest BCUT2D eigenvalue weighted by Crippen LogP contribution is 2.25. The van der Waals surface area contributed by atoms with Crippen LogP contribution in [0, 0.1) is 0 Å². The number of hydrogen-bond donors (Lipinski definition) is 2. The molecule has 1 unspecified atom stereocenters. The van der Waals surface area contributed by atoms with Crippen LogP contribution in [0.4, 0.5) is 0 Å². The number of rotatable bonds is 4. The minimum atomic E-state index is -0.166. The minimum Gasteiger partial charge on any atom is -0.351 e. The van der Waals surface area contributed by atoms with Crippen molar-refractivity contribution in [1.82, 2.24) is 14.9 Å². The number of carbonyl (C=O) groups excluding carboxylic acids is 1. The standard InChI is InChI=1S/C11H20N4OS/c1-7(12)5-6-13-10(16)8-9(11(2,3)4)14-15-17-8/h7H,5-6,12H2,1-4H3,(H,13,16). The van der Waals surface area contributed by atoms with Crippen LogP contribution in [0.1, 0.15) is 49.5 Å². The van der Waals surface area contributed by atoms with E-state index in [2.05, 4.69) is 14.9 Å². The normalized spacial score (nSPS) is 13.5. The molecule has 0 bridgehead atoms. The van der Waals surface area contributed by atoms with Gasteiger partial charge in [-0.05, 0) is 24.9 Å². The van der Waals surface area contributed by atoms with Gasteiger partial charge in [0.2, 0.25) is 0 Å². The molecule has 0 aliphatic rings. The number of aromatic nitrogens is 2. The van der Waals surface area contributed by atoms with Gasteiger partial charge in [-0.3, -0.25) is 4.79 Å². The highest BCUT2D eigenvalue weighted by atomic mass is 32.1. The first-order valence-electron chi connectivity index (χ1n) is 5.69. The van der Waals surface area contributed by atoms with Gasteiger partial charge in [-0.25, -0.2) is 0 Å². The number of nitrogens with zero attached hydrogens (tertiary/aromatic N) is 2. The minimum absolute atomic E-state index is 0.0944. The Morgan fingerprint density at radius 1 is 1.53 bits per heavy atom. The first-order valence-corrected chi connectivity index (χ1v) is 6.46. The largest absolute Gasteiger partial charge is 0.351 e. The van der Waals surface area contributed by atoms with Gasteiger partial charge in [0.25, 0.3) is 5.91 Å². The van der Waals surface area contributed by atoms with Crippen molar-refractivity contribution < 1.29 is 4.79 Å². The van der Waals surface area contributed by atoms with Crippen molar-refractivity contribution in [3.8, 4) is 0 Å². The number of nitrogens with one attached hydrogen (secondary N) is 1. The fourth-order valence-electron chi connectivity index (χ4n) is 1.32. The van der Waals surface area contributed by atoms with Crippen LogP contribution in [-0.2, 0) is 5.41 Å². The van der Waals surface area contributed by atoms with E-state index in [0.717, 1.165) is 23.6 Å². The molecule has 0 saturated heterocycles. The molecule has 96 valence electrons. The molecule has 0 radical (unpaired) electrons. The Balaban J connectivity index is 2.67. The van der Waals surface area contributed by atoms with Crippen LogP contribution >= 0.6 is 11.5 Å². The smallest absolute Gasteiger partial charge is 0.264 e. The topological polar surface area (TPSA) is 80.9 Å². The summed E-state index contributed by atoms with van der Waals surface area (Å²) < 4.78 is 3.86. The van der Waals surface area contributed by atoms with Crippen molar-refractivity contribution in [1.29, 1.82) is 0 Å². The molecule has 1 aromatic heterocycles. The van der Waals surface area contributed by atoms with E-state index in [1.54, 1.807) is 0 Å². The van der Waals surface area contributed by atoms with Crippen molar-refractivity contribution >= 4 is 17.4 Å². The molecule has 1 aromatic rings. The molecule has 0 aromatic carbocycles. The molecule has 0 aliphatic carbocycles.